The van der Waals surface area contributed by atoms with Gasteiger partial charge in [0, 0.05) is 18.5 Å². The molecule has 1 heterocycles. The lowest BCUT2D eigenvalue weighted by Gasteiger charge is -2.29. The fourth-order valence-electron chi connectivity index (χ4n) is 2.61. The van der Waals surface area contributed by atoms with Crippen LogP contribution in [0.1, 0.15) is 32.8 Å². The minimum Gasteiger partial charge on any atom is -0.444 e. The van der Waals surface area contributed by atoms with Gasteiger partial charge in [0.1, 0.15) is 11.4 Å². The topological polar surface area (TPSA) is 49.8 Å². The number of nitrogens with zero attached hydrogens (tertiary/aromatic N) is 1. The first kappa shape index (κ1) is 15.8. The minimum atomic E-state index is -0.544. The summed E-state index contributed by atoms with van der Waals surface area (Å²) in [6.45, 7) is 6.27. The van der Waals surface area contributed by atoms with Crippen molar-refractivity contribution in [1.82, 2.24) is 4.90 Å². The zero-order chi connectivity index (χ0) is 15.7. The van der Waals surface area contributed by atoms with Gasteiger partial charge in [0.2, 0.25) is 0 Å². The molecule has 5 heteroatoms. The van der Waals surface area contributed by atoms with E-state index in [0.717, 1.165) is 5.56 Å². The van der Waals surface area contributed by atoms with E-state index in [1.54, 1.807) is 17.0 Å². The Morgan fingerprint density at radius 2 is 2.00 bits per heavy atom. The first-order valence-corrected chi connectivity index (χ1v) is 7.11. The van der Waals surface area contributed by atoms with Crippen LogP contribution in [-0.4, -0.2) is 41.4 Å². The van der Waals surface area contributed by atoms with E-state index in [1.165, 1.54) is 12.1 Å². The lowest BCUT2D eigenvalue weighted by Crippen LogP contribution is -2.39. The fourth-order valence-corrected chi connectivity index (χ4v) is 2.61. The molecule has 1 aromatic rings. The number of rotatable bonds is 2. The summed E-state index contributed by atoms with van der Waals surface area (Å²) < 4.78 is 18.4. The summed E-state index contributed by atoms with van der Waals surface area (Å²) in [5.74, 6) is -0.311. The second-order valence-electron chi connectivity index (χ2n) is 6.60. The molecule has 1 fully saturated rings. The number of aliphatic hydroxyl groups is 1. The van der Waals surface area contributed by atoms with Crippen molar-refractivity contribution in [2.24, 2.45) is 0 Å². The van der Waals surface area contributed by atoms with Gasteiger partial charge in [0.15, 0.2) is 0 Å². The molecule has 1 aromatic carbocycles. The van der Waals surface area contributed by atoms with E-state index in [1.807, 2.05) is 20.8 Å². The second kappa shape index (κ2) is 5.64. The van der Waals surface area contributed by atoms with Crippen molar-refractivity contribution >= 4 is 6.09 Å². The standard InChI is InChI=1S/C16H22FNO3/c1-15(2,3)21-14(20)18-9-8-16(10-18,11-19)12-4-6-13(17)7-5-12/h4-7,19H,8-11H2,1-3H3. The molecule has 116 valence electrons. The monoisotopic (exact) mass is 295 g/mol. The highest BCUT2D eigenvalue weighted by Crippen LogP contribution is 2.35. The molecule has 0 aromatic heterocycles. The Morgan fingerprint density at radius 1 is 1.38 bits per heavy atom. The Labute approximate surface area is 124 Å². The van der Waals surface area contributed by atoms with E-state index in [9.17, 15) is 14.3 Å². The minimum absolute atomic E-state index is 0.0854. The van der Waals surface area contributed by atoms with E-state index in [0.29, 0.717) is 19.5 Å². The molecule has 0 radical (unpaired) electrons. The van der Waals surface area contributed by atoms with Crippen LogP contribution in [0.5, 0.6) is 0 Å². The highest BCUT2D eigenvalue weighted by atomic mass is 19.1. The molecule has 1 aliphatic heterocycles. The summed E-state index contributed by atoms with van der Waals surface area (Å²) >= 11 is 0. The number of amides is 1. The SMILES string of the molecule is CC(C)(C)OC(=O)N1CCC(CO)(c2ccc(F)cc2)C1. The Kier molecular flexibility index (Phi) is 4.23. The van der Waals surface area contributed by atoms with Crippen LogP contribution in [0.3, 0.4) is 0 Å². The average molecular weight is 295 g/mol. The predicted molar refractivity (Wildman–Crippen MR) is 77.6 cm³/mol. The van der Waals surface area contributed by atoms with Gasteiger partial charge >= 0.3 is 6.09 Å². The molecule has 0 spiro atoms. The Hall–Kier alpha value is -1.62. The molecule has 0 bridgehead atoms. The molecule has 1 unspecified atom stereocenters. The highest BCUT2D eigenvalue weighted by Gasteiger charge is 2.42. The lowest BCUT2D eigenvalue weighted by atomic mass is 9.80. The molecule has 0 saturated carbocycles. The van der Waals surface area contributed by atoms with Gasteiger partial charge in [0.25, 0.3) is 0 Å². The molecule has 0 aliphatic carbocycles. The molecule has 1 amide bonds. The molecule has 21 heavy (non-hydrogen) atoms. The second-order valence-corrected chi connectivity index (χ2v) is 6.60. The van der Waals surface area contributed by atoms with E-state index in [2.05, 4.69) is 0 Å². The van der Waals surface area contributed by atoms with Crippen molar-refractivity contribution in [3.63, 3.8) is 0 Å². The summed E-state index contributed by atoms with van der Waals surface area (Å²) in [5.41, 5.74) is -0.236. The van der Waals surface area contributed by atoms with Gasteiger partial charge < -0.3 is 14.7 Å². The maximum Gasteiger partial charge on any atom is 0.410 e. The van der Waals surface area contributed by atoms with Crippen LogP contribution < -0.4 is 0 Å². The van der Waals surface area contributed by atoms with E-state index >= 15 is 0 Å². The first-order valence-electron chi connectivity index (χ1n) is 7.11. The maximum atomic E-state index is 13.0. The summed E-state index contributed by atoms with van der Waals surface area (Å²) in [6, 6.07) is 6.10. The van der Waals surface area contributed by atoms with Gasteiger partial charge in [-0.3, -0.25) is 0 Å². The van der Waals surface area contributed by atoms with Gasteiger partial charge in [-0.2, -0.15) is 0 Å². The van der Waals surface area contributed by atoms with Crippen molar-refractivity contribution in [1.29, 1.82) is 0 Å². The number of hydrogen-bond donors (Lipinski definition) is 1. The maximum absolute atomic E-state index is 13.0. The largest absolute Gasteiger partial charge is 0.444 e. The van der Waals surface area contributed by atoms with Crippen molar-refractivity contribution in [3.05, 3.63) is 35.6 Å². The third-order valence-corrected chi connectivity index (χ3v) is 3.76. The third-order valence-electron chi connectivity index (χ3n) is 3.76. The van der Waals surface area contributed by atoms with E-state index in [-0.39, 0.29) is 18.5 Å². The molecule has 1 atom stereocenters. The van der Waals surface area contributed by atoms with Crippen LogP contribution in [0.4, 0.5) is 9.18 Å². The van der Waals surface area contributed by atoms with Gasteiger partial charge in [-0.1, -0.05) is 12.1 Å². The van der Waals surface area contributed by atoms with Crippen molar-refractivity contribution in [3.8, 4) is 0 Å². The van der Waals surface area contributed by atoms with Crippen molar-refractivity contribution < 1.29 is 19.0 Å². The molecule has 1 saturated heterocycles. The molecular weight excluding hydrogens is 273 g/mol. The van der Waals surface area contributed by atoms with Crippen LogP contribution in [0.25, 0.3) is 0 Å². The zero-order valence-electron chi connectivity index (χ0n) is 12.7. The van der Waals surface area contributed by atoms with Gasteiger partial charge in [0.05, 0.1) is 6.61 Å². The summed E-state index contributed by atoms with van der Waals surface area (Å²) in [7, 11) is 0. The van der Waals surface area contributed by atoms with Crippen LogP contribution in [0.2, 0.25) is 0 Å². The van der Waals surface area contributed by atoms with Crippen LogP contribution in [0.15, 0.2) is 24.3 Å². The predicted octanol–water partition coefficient (Wildman–Crippen LogP) is 2.70. The zero-order valence-corrected chi connectivity index (χ0v) is 12.7. The number of likely N-dealkylation sites (tertiary alicyclic amines) is 1. The number of ether oxygens (including phenoxy) is 1. The normalized spacial score (nSPS) is 22.4. The lowest BCUT2D eigenvalue weighted by molar-refractivity contribution is 0.0277. The molecule has 2 rings (SSSR count). The van der Waals surface area contributed by atoms with Gasteiger partial charge in [-0.05, 0) is 44.9 Å². The smallest absolute Gasteiger partial charge is 0.410 e. The quantitative estimate of drug-likeness (QED) is 0.912. The number of hydrogen-bond acceptors (Lipinski definition) is 3. The molecule has 1 N–H and O–H groups in total. The summed E-state index contributed by atoms with van der Waals surface area (Å²) in [5, 5.41) is 9.80. The van der Waals surface area contributed by atoms with Gasteiger partial charge in [-0.15, -0.1) is 0 Å². The number of halogens is 1. The van der Waals surface area contributed by atoms with Crippen LogP contribution in [0, 0.1) is 5.82 Å². The van der Waals surface area contributed by atoms with Crippen LogP contribution >= 0.6 is 0 Å². The Morgan fingerprint density at radius 3 is 2.52 bits per heavy atom. The fraction of sp³-hybridized carbons (Fsp3) is 0.562. The number of carbonyl (C=O) groups is 1. The summed E-state index contributed by atoms with van der Waals surface area (Å²) in [4.78, 5) is 13.7. The van der Waals surface area contributed by atoms with E-state index in [4.69, 9.17) is 4.74 Å². The third kappa shape index (κ3) is 3.53. The number of carbonyl (C=O) groups excluding carboxylic acids is 1. The number of aliphatic hydroxyl groups excluding tert-OH is 1. The molecule has 4 nitrogen and oxygen atoms in total. The van der Waals surface area contributed by atoms with E-state index < -0.39 is 11.0 Å². The Bertz CT molecular complexity index is 509. The Balaban J connectivity index is 2.14. The molecule has 1 aliphatic rings. The first-order chi connectivity index (χ1) is 9.76. The van der Waals surface area contributed by atoms with Gasteiger partial charge in [-0.25, -0.2) is 9.18 Å². The number of benzene rings is 1. The highest BCUT2D eigenvalue weighted by molar-refractivity contribution is 5.69. The molecular formula is C16H22FNO3. The van der Waals surface area contributed by atoms with Crippen LogP contribution in [-0.2, 0) is 10.2 Å². The van der Waals surface area contributed by atoms with Crippen molar-refractivity contribution in [2.45, 2.75) is 38.2 Å². The average Bonchev–Trinajstić information content (AvgIpc) is 2.83. The van der Waals surface area contributed by atoms with Crippen molar-refractivity contribution in [2.75, 3.05) is 19.7 Å². The summed E-state index contributed by atoms with van der Waals surface area (Å²) in [6.07, 6.45) is 0.258.